The van der Waals surface area contributed by atoms with Crippen LogP contribution in [0, 0.1) is 0 Å². The van der Waals surface area contributed by atoms with Crippen molar-refractivity contribution in [1.29, 1.82) is 0 Å². The molecule has 0 fully saturated rings. The number of rotatable bonds is 6. The smallest absolute Gasteiger partial charge is 0.243 e. The van der Waals surface area contributed by atoms with Crippen molar-refractivity contribution < 1.29 is 8.94 Å². The molecular formula is C29H18N12O2. The fraction of sp³-hybridized carbons (Fsp3) is 0.0345. The zero-order valence-corrected chi connectivity index (χ0v) is 22.1. The first-order chi connectivity index (χ1) is 21.4. The van der Waals surface area contributed by atoms with Gasteiger partial charge in [-0.1, -0.05) is 29.4 Å². The van der Waals surface area contributed by atoms with E-state index in [1.54, 1.807) is 43.4 Å². The minimum Gasteiger partial charge on any atom is -0.443 e. The van der Waals surface area contributed by atoms with Crippen LogP contribution in [-0.4, -0.2) is 55.9 Å². The highest BCUT2D eigenvalue weighted by Crippen LogP contribution is 2.54. The van der Waals surface area contributed by atoms with Gasteiger partial charge in [-0.3, -0.25) is 15.1 Å². The quantitative estimate of drug-likeness (QED) is 0.305. The Morgan fingerprint density at radius 3 is 2.56 bits per heavy atom. The second-order valence-corrected chi connectivity index (χ2v) is 9.38. The molecule has 7 aromatic rings. The van der Waals surface area contributed by atoms with Crippen molar-refractivity contribution in [3.05, 3.63) is 127 Å². The maximum absolute atomic E-state index is 6.01. The predicted octanol–water partition coefficient (Wildman–Crippen LogP) is 4.04. The van der Waals surface area contributed by atoms with Crippen molar-refractivity contribution >= 4 is 39.0 Å². The second-order valence-electron chi connectivity index (χ2n) is 9.38. The maximum Gasteiger partial charge on any atom is 0.243 e. The summed E-state index contributed by atoms with van der Waals surface area (Å²) in [7, 11) is 0. The van der Waals surface area contributed by atoms with E-state index in [9.17, 15) is 0 Å². The van der Waals surface area contributed by atoms with Gasteiger partial charge in [0.1, 0.15) is 23.7 Å². The Balaban J connectivity index is 1.61. The topological polar surface area (TPSA) is 174 Å². The Morgan fingerprint density at radius 2 is 1.79 bits per heavy atom. The number of aromatic nitrogens is 11. The standard InChI is InChI=1S/C29H18N12O2/c1-2-5-18-17(4-1)14-35-39-26(18)25-23(21-15-30-10-11-31-21)24(19-7-9-34-36-19)27(20-6-3-8-33-37-20)41(22-16-43-40-38-22)28(25)29-32-12-13-42-29/h1-16,27H,(H,34,36). The normalized spacial score (nSPS) is 15.4. The first-order valence-electron chi connectivity index (χ1n) is 13.1. The van der Waals surface area contributed by atoms with E-state index < -0.39 is 6.04 Å². The molecule has 0 radical (unpaired) electrons. The van der Waals surface area contributed by atoms with E-state index in [2.05, 4.69) is 45.8 Å². The molecule has 1 atom stereocenters. The van der Waals surface area contributed by atoms with Crippen LogP contribution in [0.15, 0.2) is 107 Å². The van der Waals surface area contributed by atoms with Crippen LogP contribution in [0.3, 0.4) is 0 Å². The molecule has 6 aromatic heterocycles. The number of hydrogen-bond donors (Lipinski definition) is 1. The number of fused-ring (bicyclic) bond motifs is 1. The van der Waals surface area contributed by atoms with E-state index in [-0.39, 0.29) is 5.89 Å². The van der Waals surface area contributed by atoms with E-state index in [1.807, 2.05) is 47.4 Å². The van der Waals surface area contributed by atoms with Crippen molar-refractivity contribution in [2.45, 2.75) is 6.04 Å². The number of nitrogens with one attached hydrogen (secondary N) is 1. The van der Waals surface area contributed by atoms with Gasteiger partial charge in [-0.15, -0.1) is 5.10 Å². The Morgan fingerprint density at radius 1 is 0.814 bits per heavy atom. The van der Waals surface area contributed by atoms with Crippen molar-refractivity contribution in [3.8, 4) is 0 Å². The van der Waals surface area contributed by atoms with Crippen molar-refractivity contribution in [3.63, 3.8) is 0 Å². The number of nitrogens with zero attached hydrogens (tertiary/aromatic N) is 11. The molecule has 0 saturated carbocycles. The monoisotopic (exact) mass is 566 g/mol. The molecule has 0 saturated heterocycles. The molecule has 14 heteroatoms. The van der Waals surface area contributed by atoms with E-state index in [0.29, 0.717) is 45.4 Å². The van der Waals surface area contributed by atoms with Crippen LogP contribution in [-0.2, 0) is 0 Å². The molecule has 43 heavy (non-hydrogen) atoms. The summed E-state index contributed by atoms with van der Waals surface area (Å²) in [4.78, 5) is 15.7. The summed E-state index contributed by atoms with van der Waals surface area (Å²) in [6, 6.07) is 12.7. The second kappa shape index (κ2) is 10.2. The third kappa shape index (κ3) is 4.04. The van der Waals surface area contributed by atoms with Crippen LogP contribution < -0.4 is 4.90 Å². The highest BCUT2D eigenvalue weighted by molar-refractivity contribution is 6.26. The molecule has 0 spiro atoms. The molecule has 206 valence electrons. The minimum absolute atomic E-state index is 0.284. The lowest BCUT2D eigenvalue weighted by Gasteiger charge is -2.39. The molecule has 14 nitrogen and oxygen atoms in total. The van der Waals surface area contributed by atoms with Crippen LogP contribution in [0.25, 0.3) is 33.2 Å². The van der Waals surface area contributed by atoms with Gasteiger partial charge in [0, 0.05) is 57.6 Å². The highest BCUT2D eigenvalue weighted by atomic mass is 16.5. The minimum atomic E-state index is -0.674. The van der Waals surface area contributed by atoms with Crippen molar-refractivity contribution in [2.75, 3.05) is 4.90 Å². The molecule has 1 aromatic carbocycles. The number of H-pyrrole nitrogens is 1. The zero-order valence-electron chi connectivity index (χ0n) is 22.1. The van der Waals surface area contributed by atoms with Gasteiger partial charge in [0.05, 0.1) is 35.7 Å². The van der Waals surface area contributed by atoms with Crippen LogP contribution in [0.1, 0.15) is 34.7 Å². The summed E-state index contributed by atoms with van der Waals surface area (Å²) >= 11 is 0. The first-order valence-corrected chi connectivity index (χ1v) is 13.1. The Hall–Kier alpha value is -6.44. The highest BCUT2D eigenvalue weighted by Gasteiger charge is 2.44. The fourth-order valence-corrected chi connectivity index (χ4v) is 5.39. The van der Waals surface area contributed by atoms with E-state index in [4.69, 9.17) is 19.0 Å². The maximum atomic E-state index is 6.01. The van der Waals surface area contributed by atoms with E-state index in [0.717, 1.165) is 16.3 Å². The van der Waals surface area contributed by atoms with Crippen LogP contribution in [0.2, 0.25) is 0 Å². The summed E-state index contributed by atoms with van der Waals surface area (Å²) < 4.78 is 11.3. The number of benzene rings is 1. The average Bonchev–Trinajstić information content (AvgIpc) is 3.89. The largest absolute Gasteiger partial charge is 0.443 e. The van der Waals surface area contributed by atoms with Gasteiger partial charge in [-0.25, -0.2) is 4.98 Å². The molecule has 0 aliphatic carbocycles. The summed E-state index contributed by atoms with van der Waals surface area (Å²) in [6.07, 6.45) is 14.5. The fourth-order valence-electron chi connectivity index (χ4n) is 5.39. The lowest BCUT2D eigenvalue weighted by atomic mass is 9.81. The van der Waals surface area contributed by atoms with Gasteiger partial charge in [0.2, 0.25) is 5.89 Å². The van der Waals surface area contributed by atoms with Gasteiger partial charge in [-0.05, 0) is 18.2 Å². The Kier molecular flexibility index (Phi) is 5.77. The summed E-state index contributed by atoms with van der Waals surface area (Å²) in [5, 5.41) is 35.1. The first kappa shape index (κ1) is 24.4. The van der Waals surface area contributed by atoms with E-state index >= 15 is 0 Å². The summed E-state index contributed by atoms with van der Waals surface area (Å²) in [5.41, 5.74) is 4.93. The van der Waals surface area contributed by atoms with E-state index in [1.165, 1.54) is 12.5 Å². The Labute approximate surface area is 241 Å². The van der Waals surface area contributed by atoms with Crippen LogP contribution in [0.4, 0.5) is 5.82 Å². The molecule has 1 unspecified atom stereocenters. The van der Waals surface area contributed by atoms with Crippen molar-refractivity contribution in [1.82, 2.24) is 55.9 Å². The Bertz CT molecular complexity index is 2070. The molecule has 0 bridgehead atoms. The number of hydrogen-bond acceptors (Lipinski definition) is 13. The third-order valence-corrected chi connectivity index (χ3v) is 7.05. The van der Waals surface area contributed by atoms with Gasteiger partial charge >= 0.3 is 0 Å². The molecule has 8 rings (SSSR count). The van der Waals surface area contributed by atoms with Gasteiger partial charge in [0.15, 0.2) is 12.1 Å². The summed E-state index contributed by atoms with van der Waals surface area (Å²) in [6.45, 7) is 0. The number of aromatic amines is 1. The third-order valence-electron chi connectivity index (χ3n) is 7.05. The number of allylic oxidation sites excluding steroid dienone is 2. The molecule has 1 aliphatic heterocycles. The average molecular weight is 567 g/mol. The zero-order chi connectivity index (χ0) is 28.6. The molecule has 1 aliphatic rings. The summed E-state index contributed by atoms with van der Waals surface area (Å²) in [5.74, 6) is 0.649. The molecule has 0 amide bonds. The lowest BCUT2D eigenvalue weighted by molar-refractivity contribution is 0.393. The number of oxazole rings is 1. The predicted molar refractivity (Wildman–Crippen MR) is 152 cm³/mol. The lowest BCUT2D eigenvalue weighted by Crippen LogP contribution is -2.34. The van der Waals surface area contributed by atoms with Gasteiger partial charge in [0.25, 0.3) is 0 Å². The van der Waals surface area contributed by atoms with Gasteiger partial charge in [-0.2, -0.15) is 20.4 Å². The SMILES string of the molecule is c1cnnc(C2C(c3ccn[nH]3)=C(c3cnccn3)C(c3nncc4ccccc34)=C(c3ncco3)N2c2conn2)c1. The molecule has 1 N–H and O–H groups in total. The number of anilines is 1. The van der Waals surface area contributed by atoms with Crippen LogP contribution >= 0.6 is 0 Å². The molecular weight excluding hydrogens is 548 g/mol. The van der Waals surface area contributed by atoms with Crippen LogP contribution in [0.5, 0.6) is 0 Å². The molecule has 7 heterocycles. The van der Waals surface area contributed by atoms with Gasteiger partial charge < -0.3 is 13.8 Å². The van der Waals surface area contributed by atoms with Crippen molar-refractivity contribution in [2.24, 2.45) is 0 Å².